The Balaban J connectivity index is 3.01. The molecule has 0 aliphatic rings. The smallest absolute Gasteiger partial charge is 0.240 e. The van der Waals surface area contributed by atoms with Crippen molar-refractivity contribution < 1.29 is 13.2 Å². The summed E-state index contributed by atoms with van der Waals surface area (Å²) in [6.07, 6.45) is 0.628. The molecule has 1 aromatic carbocycles. The normalized spacial score (nSPS) is 11.8. The Labute approximate surface area is 108 Å². The van der Waals surface area contributed by atoms with Gasteiger partial charge in [-0.25, -0.2) is 13.1 Å². The van der Waals surface area contributed by atoms with Crippen LogP contribution in [-0.2, 0) is 21.2 Å². The number of benzene rings is 1. The predicted octanol–water partition coefficient (Wildman–Crippen LogP) is 1.75. The molecule has 1 rings (SSSR count). The summed E-state index contributed by atoms with van der Waals surface area (Å²) in [6.45, 7) is 3.93. The van der Waals surface area contributed by atoms with Gasteiger partial charge in [0.05, 0.1) is 4.90 Å². The summed E-state index contributed by atoms with van der Waals surface area (Å²) < 4.78 is 25.9. The van der Waals surface area contributed by atoms with Crippen molar-refractivity contribution in [2.75, 3.05) is 7.05 Å². The van der Waals surface area contributed by atoms with Crippen LogP contribution in [0.5, 0.6) is 0 Å². The van der Waals surface area contributed by atoms with Crippen LogP contribution in [0, 0.1) is 5.92 Å². The van der Waals surface area contributed by atoms with Crippen LogP contribution >= 0.6 is 0 Å². The Hall–Kier alpha value is -1.20. The number of sulfonamides is 1. The van der Waals surface area contributed by atoms with Gasteiger partial charge >= 0.3 is 0 Å². The van der Waals surface area contributed by atoms with Gasteiger partial charge in [0.2, 0.25) is 10.0 Å². The molecule has 0 heterocycles. The first kappa shape index (κ1) is 14.9. The second kappa shape index (κ2) is 6.11. The van der Waals surface area contributed by atoms with Crippen molar-refractivity contribution in [1.82, 2.24) is 4.72 Å². The lowest BCUT2D eigenvalue weighted by Crippen LogP contribution is -2.21. The standard InChI is InChI=1S/C13H19NO3S/c1-10(2)8-12(15)9-11-6-4-5-7-13(11)18(16,17)14-3/h4-7,10,14H,8-9H2,1-3H3. The molecule has 0 spiro atoms. The molecule has 0 amide bonds. The minimum Gasteiger partial charge on any atom is -0.299 e. The number of hydrogen-bond donors (Lipinski definition) is 1. The van der Waals surface area contributed by atoms with Crippen molar-refractivity contribution in [3.05, 3.63) is 29.8 Å². The molecule has 0 saturated carbocycles. The molecular formula is C13H19NO3S. The zero-order valence-electron chi connectivity index (χ0n) is 10.9. The second-order valence-electron chi connectivity index (χ2n) is 4.63. The van der Waals surface area contributed by atoms with Crippen molar-refractivity contribution >= 4 is 15.8 Å². The molecule has 100 valence electrons. The summed E-state index contributed by atoms with van der Waals surface area (Å²) >= 11 is 0. The molecule has 0 unspecified atom stereocenters. The van der Waals surface area contributed by atoms with E-state index in [1.165, 1.54) is 13.1 Å². The maximum absolute atomic E-state index is 11.8. The van der Waals surface area contributed by atoms with Gasteiger partial charge in [-0.2, -0.15) is 0 Å². The Morgan fingerprint density at radius 2 is 1.89 bits per heavy atom. The van der Waals surface area contributed by atoms with Crippen LogP contribution < -0.4 is 4.72 Å². The quantitative estimate of drug-likeness (QED) is 0.855. The maximum Gasteiger partial charge on any atom is 0.240 e. The topological polar surface area (TPSA) is 63.2 Å². The monoisotopic (exact) mass is 269 g/mol. The highest BCUT2D eigenvalue weighted by Gasteiger charge is 2.17. The van der Waals surface area contributed by atoms with Gasteiger partial charge in [0.1, 0.15) is 5.78 Å². The van der Waals surface area contributed by atoms with Gasteiger partial charge in [-0.3, -0.25) is 4.79 Å². The van der Waals surface area contributed by atoms with Gasteiger partial charge in [-0.05, 0) is 24.6 Å². The lowest BCUT2D eigenvalue weighted by Gasteiger charge is -2.09. The molecule has 0 aromatic heterocycles. The van der Waals surface area contributed by atoms with E-state index in [1.54, 1.807) is 18.2 Å². The average molecular weight is 269 g/mol. The van der Waals surface area contributed by atoms with E-state index in [2.05, 4.69) is 4.72 Å². The molecule has 1 N–H and O–H groups in total. The molecule has 0 saturated heterocycles. The highest BCUT2D eigenvalue weighted by molar-refractivity contribution is 7.89. The third-order valence-corrected chi connectivity index (χ3v) is 4.07. The third-order valence-electron chi connectivity index (χ3n) is 2.55. The molecule has 4 nitrogen and oxygen atoms in total. The van der Waals surface area contributed by atoms with Crippen molar-refractivity contribution in [3.63, 3.8) is 0 Å². The predicted molar refractivity (Wildman–Crippen MR) is 70.9 cm³/mol. The van der Waals surface area contributed by atoms with Crippen LogP contribution in [0.2, 0.25) is 0 Å². The zero-order chi connectivity index (χ0) is 13.8. The highest BCUT2D eigenvalue weighted by Crippen LogP contribution is 2.17. The highest BCUT2D eigenvalue weighted by atomic mass is 32.2. The van der Waals surface area contributed by atoms with Crippen molar-refractivity contribution in [3.8, 4) is 0 Å². The fourth-order valence-corrected chi connectivity index (χ4v) is 2.72. The summed E-state index contributed by atoms with van der Waals surface area (Å²) in [5.74, 6) is 0.342. The van der Waals surface area contributed by atoms with E-state index in [1.807, 2.05) is 13.8 Å². The van der Waals surface area contributed by atoms with Crippen molar-refractivity contribution in [2.45, 2.75) is 31.6 Å². The minimum absolute atomic E-state index is 0.0590. The molecule has 0 radical (unpaired) electrons. The van der Waals surface area contributed by atoms with E-state index in [9.17, 15) is 13.2 Å². The van der Waals surface area contributed by atoms with Gasteiger partial charge in [0, 0.05) is 12.8 Å². The SMILES string of the molecule is CNS(=O)(=O)c1ccccc1CC(=O)CC(C)C. The van der Waals surface area contributed by atoms with E-state index in [4.69, 9.17) is 0 Å². The van der Waals surface area contributed by atoms with Gasteiger partial charge in [-0.15, -0.1) is 0 Å². The number of carbonyl (C=O) groups excluding carboxylic acids is 1. The fraction of sp³-hybridized carbons (Fsp3) is 0.462. The van der Waals surface area contributed by atoms with Crippen molar-refractivity contribution in [1.29, 1.82) is 0 Å². The number of Topliss-reactive ketones (excluding diaryl/α,β-unsaturated/α-hetero) is 1. The minimum atomic E-state index is -3.51. The number of ketones is 1. The van der Waals surface area contributed by atoms with Crippen LogP contribution in [0.15, 0.2) is 29.2 Å². The van der Waals surface area contributed by atoms with Crippen LogP contribution in [0.25, 0.3) is 0 Å². The first-order chi connectivity index (χ1) is 8.36. The van der Waals surface area contributed by atoms with E-state index in [0.717, 1.165) is 0 Å². The third kappa shape index (κ3) is 3.92. The lowest BCUT2D eigenvalue weighted by molar-refractivity contribution is -0.119. The number of nitrogens with one attached hydrogen (secondary N) is 1. The molecule has 0 aliphatic carbocycles. The van der Waals surface area contributed by atoms with Crippen LogP contribution in [-0.4, -0.2) is 21.2 Å². The van der Waals surface area contributed by atoms with E-state index in [-0.39, 0.29) is 23.0 Å². The Bertz CT molecular complexity index is 521. The van der Waals surface area contributed by atoms with E-state index in [0.29, 0.717) is 12.0 Å². The first-order valence-electron chi connectivity index (χ1n) is 5.90. The first-order valence-corrected chi connectivity index (χ1v) is 7.38. The summed E-state index contributed by atoms with van der Waals surface area (Å²) in [5.41, 5.74) is 0.553. The van der Waals surface area contributed by atoms with Gasteiger partial charge in [0.15, 0.2) is 0 Å². The van der Waals surface area contributed by atoms with Gasteiger partial charge < -0.3 is 0 Å². The van der Waals surface area contributed by atoms with Crippen LogP contribution in [0.3, 0.4) is 0 Å². The number of hydrogen-bond acceptors (Lipinski definition) is 3. The lowest BCUT2D eigenvalue weighted by atomic mass is 10.0. The van der Waals surface area contributed by atoms with E-state index >= 15 is 0 Å². The van der Waals surface area contributed by atoms with Gasteiger partial charge in [0.25, 0.3) is 0 Å². The largest absolute Gasteiger partial charge is 0.299 e. The Kier molecular flexibility index (Phi) is 5.04. The molecular weight excluding hydrogens is 250 g/mol. The fourth-order valence-electron chi connectivity index (χ4n) is 1.76. The molecule has 0 fully saturated rings. The van der Waals surface area contributed by atoms with E-state index < -0.39 is 10.0 Å². The molecule has 5 heteroatoms. The summed E-state index contributed by atoms with van der Waals surface area (Å²) in [6, 6.07) is 6.60. The second-order valence-corrected chi connectivity index (χ2v) is 6.48. The number of carbonyl (C=O) groups is 1. The molecule has 0 aliphatic heterocycles. The summed E-state index contributed by atoms with van der Waals surface area (Å²) in [4.78, 5) is 12.0. The van der Waals surface area contributed by atoms with Crippen molar-refractivity contribution in [2.24, 2.45) is 5.92 Å². The molecule has 18 heavy (non-hydrogen) atoms. The van der Waals surface area contributed by atoms with Gasteiger partial charge in [-0.1, -0.05) is 32.0 Å². The molecule has 1 aromatic rings. The average Bonchev–Trinajstić information content (AvgIpc) is 2.28. The zero-order valence-corrected chi connectivity index (χ0v) is 11.8. The summed E-state index contributed by atoms with van der Waals surface area (Å²) in [7, 11) is -2.14. The Morgan fingerprint density at radius 3 is 2.44 bits per heavy atom. The van der Waals surface area contributed by atoms with Crippen LogP contribution in [0.1, 0.15) is 25.8 Å². The van der Waals surface area contributed by atoms with Crippen LogP contribution in [0.4, 0.5) is 0 Å². The summed E-state index contributed by atoms with van der Waals surface area (Å²) in [5, 5.41) is 0. The Morgan fingerprint density at radius 1 is 1.28 bits per heavy atom. The maximum atomic E-state index is 11.8. The molecule has 0 atom stereocenters. The molecule has 0 bridgehead atoms. The number of rotatable bonds is 6.